The number of hydrogen-bond donors (Lipinski definition) is 4. The van der Waals surface area contributed by atoms with E-state index in [9.17, 15) is 14.4 Å². The molecular formula is C9H18N4O3. The third kappa shape index (κ3) is 8.95. The molecule has 0 bridgehead atoms. The molecule has 0 aliphatic heterocycles. The molecule has 0 aliphatic rings. The summed E-state index contributed by atoms with van der Waals surface area (Å²) in [7, 11) is 0. The molecule has 0 aliphatic carbocycles. The van der Waals surface area contributed by atoms with Crippen molar-refractivity contribution in [2.24, 2.45) is 11.5 Å². The molecule has 0 saturated carbocycles. The Kier molecular flexibility index (Phi) is 7.78. The van der Waals surface area contributed by atoms with Crippen molar-refractivity contribution in [1.82, 2.24) is 10.6 Å². The molecule has 7 heteroatoms. The average molecular weight is 230 g/mol. The van der Waals surface area contributed by atoms with Crippen molar-refractivity contribution in [3.8, 4) is 0 Å². The Bertz CT molecular complexity index is 255. The smallest absolute Gasteiger partial charge is 0.239 e. The summed E-state index contributed by atoms with van der Waals surface area (Å²) in [5.41, 5.74) is 9.98. The fraction of sp³-hybridized carbons (Fsp3) is 0.667. The van der Waals surface area contributed by atoms with Gasteiger partial charge in [0.25, 0.3) is 0 Å². The maximum Gasteiger partial charge on any atom is 0.239 e. The molecule has 92 valence electrons. The van der Waals surface area contributed by atoms with Crippen molar-refractivity contribution in [3.05, 3.63) is 0 Å². The lowest BCUT2D eigenvalue weighted by molar-refractivity contribution is -0.125. The standard InChI is InChI=1S/C9H18N4O3/c10-5-8(15)13-6-9(16)12-4-2-1-3-7(11)14/h1-6,10H2,(H2,11,14)(H,12,16)(H,13,15). The van der Waals surface area contributed by atoms with Gasteiger partial charge in [-0.3, -0.25) is 14.4 Å². The van der Waals surface area contributed by atoms with Crippen LogP contribution < -0.4 is 22.1 Å². The fourth-order valence-corrected chi connectivity index (χ4v) is 0.966. The molecule has 6 N–H and O–H groups in total. The van der Waals surface area contributed by atoms with E-state index in [4.69, 9.17) is 11.5 Å². The second kappa shape index (κ2) is 8.66. The predicted molar refractivity (Wildman–Crippen MR) is 58.1 cm³/mol. The van der Waals surface area contributed by atoms with Crippen LogP contribution >= 0.6 is 0 Å². The van der Waals surface area contributed by atoms with Gasteiger partial charge in [0.2, 0.25) is 17.7 Å². The van der Waals surface area contributed by atoms with E-state index >= 15 is 0 Å². The Balaban J connectivity index is 3.37. The normalized spacial score (nSPS) is 9.56. The minimum absolute atomic E-state index is 0.0775. The van der Waals surface area contributed by atoms with E-state index in [-0.39, 0.29) is 30.8 Å². The number of rotatable bonds is 8. The molecular weight excluding hydrogens is 212 g/mol. The van der Waals surface area contributed by atoms with E-state index in [0.717, 1.165) is 0 Å². The molecule has 0 spiro atoms. The number of unbranched alkanes of at least 4 members (excludes halogenated alkanes) is 1. The molecule has 0 fully saturated rings. The van der Waals surface area contributed by atoms with E-state index in [1.165, 1.54) is 0 Å². The van der Waals surface area contributed by atoms with Gasteiger partial charge >= 0.3 is 0 Å². The fourth-order valence-electron chi connectivity index (χ4n) is 0.966. The number of amides is 3. The monoisotopic (exact) mass is 230 g/mol. The van der Waals surface area contributed by atoms with Gasteiger partial charge < -0.3 is 22.1 Å². The highest BCUT2D eigenvalue weighted by molar-refractivity contribution is 5.85. The first-order valence-corrected chi connectivity index (χ1v) is 5.08. The van der Waals surface area contributed by atoms with Gasteiger partial charge in [-0.2, -0.15) is 0 Å². The van der Waals surface area contributed by atoms with E-state index in [1.54, 1.807) is 0 Å². The van der Waals surface area contributed by atoms with Gasteiger partial charge in [-0.05, 0) is 12.8 Å². The van der Waals surface area contributed by atoms with Crippen LogP contribution in [0.25, 0.3) is 0 Å². The van der Waals surface area contributed by atoms with E-state index in [2.05, 4.69) is 10.6 Å². The number of nitrogens with one attached hydrogen (secondary N) is 2. The molecule has 0 unspecified atom stereocenters. The lowest BCUT2D eigenvalue weighted by Crippen LogP contribution is -2.39. The summed E-state index contributed by atoms with van der Waals surface area (Å²) in [6.07, 6.45) is 1.64. The van der Waals surface area contributed by atoms with Gasteiger partial charge in [0.05, 0.1) is 13.1 Å². The molecule has 0 aromatic heterocycles. The zero-order valence-corrected chi connectivity index (χ0v) is 9.12. The minimum atomic E-state index is -0.371. The number of primary amides is 1. The van der Waals surface area contributed by atoms with Gasteiger partial charge in [0.1, 0.15) is 0 Å². The Morgan fingerprint density at radius 3 is 2.25 bits per heavy atom. The third-order valence-corrected chi connectivity index (χ3v) is 1.80. The van der Waals surface area contributed by atoms with Crippen LogP contribution in [0.3, 0.4) is 0 Å². The van der Waals surface area contributed by atoms with Crippen molar-refractivity contribution in [2.75, 3.05) is 19.6 Å². The Morgan fingerprint density at radius 1 is 1.00 bits per heavy atom. The van der Waals surface area contributed by atoms with Gasteiger partial charge in [0.15, 0.2) is 0 Å². The number of hydrogen-bond acceptors (Lipinski definition) is 4. The van der Waals surface area contributed by atoms with Gasteiger partial charge in [-0.15, -0.1) is 0 Å². The first-order valence-electron chi connectivity index (χ1n) is 5.08. The Morgan fingerprint density at radius 2 is 1.69 bits per heavy atom. The van der Waals surface area contributed by atoms with Crippen LogP contribution in [0.15, 0.2) is 0 Å². The highest BCUT2D eigenvalue weighted by atomic mass is 16.2. The molecule has 0 atom stereocenters. The maximum absolute atomic E-state index is 11.1. The van der Waals surface area contributed by atoms with Crippen molar-refractivity contribution in [3.63, 3.8) is 0 Å². The zero-order valence-electron chi connectivity index (χ0n) is 9.12. The van der Waals surface area contributed by atoms with Crippen molar-refractivity contribution in [1.29, 1.82) is 0 Å². The third-order valence-electron chi connectivity index (χ3n) is 1.80. The van der Waals surface area contributed by atoms with E-state index < -0.39 is 0 Å². The molecule has 16 heavy (non-hydrogen) atoms. The van der Waals surface area contributed by atoms with Crippen LogP contribution in [0.4, 0.5) is 0 Å². The first kappa shape index (κ1) is 14.4. The average Bonchev–Trinajstić information content (AvgIpc) is 2.24. The van der Waals surface area contributed by atoms with Gasteiger partial charge in [-0.1, -0.05) is 0 Å². The summed E-state index contributed by atoms with van der Waals surface area (Å²) in [4.78, 5) is 32.2. The molecule has 0 saturated heterocycles. The van der Waals surface area contributed by atoms with Crippen LogP contribution in [0, 0.1) is 0 Å². The van der Waals surface area contributed by atoms with Crippen LogP contribution in [-0.4, -0.2) is 37.4 Å². The maximum atomic E-state index is 11.1. The number of carbonyl (C=O) groups is 3. The number of nitrogens with two attached hydrogens (primary N) is 2. The zero-order chi connectivity index (χ0) is 12.4. The molecule has 3 amide bonds. The molecule has 0 radical (unpaired) electrons. The summed E-state index contributed by atoms with van der Waals surface area (Å²) >= 11 is 0. The molecule has 7 nitrogen and oxygen atoms in total. The van der Waals surface area contributed by atoms with Crippen LogP contribution in [0.2, 0.25) is 0 Å². The minimum Gasteiger partial charge on any atom is -0.370 e. The van der Waals surface area contributed by atoms with Crippen LogP contribution in [0.5, 0.6) is 0 Å². The Labute approximate surface area is 93.9 Å². The van der Waals surface area contributed by atoms with Crippen LogP contribution in [-0.2, 0) is 14.4 Å². The van der Waals surface area contributed by atoms with Crippen molar-refractivity contribution < 1.29 is 14.4 Å². The second-order valence-corrected chi connectivity index (χ2v) is 3.25. The summed E-state index contributed by atoms with van der Waals surface area (Å²) in [5, 5.41) is 4.93. The Hall–Kier alpha value is -1.63. The molecule has 0 aromatic rings. The van der Waals surface area contributed by atoms with Crippen molar-refractivity contribution in [2.45, 2.75) is 19.3 Å². The molecule has 0 rings (SSSR count). The topological polar surface area (TPSA) is 127 Å². The van der Waals surface area contributed by atoms with Crippen molar-refractivity contribution >= 4 is 17.7 Å². The second-order valence-electron chi connectivity index (χ2n) is 3.25. The quantitative estimate of drug-likeness (QED) is 0.354. The molecule has 0 heterocycles. The van der Waals surface area contributed by atoms with Gasteiger partial charge in [-0.25, -0.2) is 0 Å². The van der Waals surface area contributed by atoms with Gasteiger partial charge in [0, 0.05) is 13.0 Å². The van der Waals surface area contributed by atoms with E-state index in [1.807, 2.05) is 0 Å². The SMILES string of the molecule is NCC(=O)NCC(=O)NCCCCC(N)=O. The largest absolute Gasteiger partial charge is 0.370 e. The summed E-state index contributed by atoms with van der Waals surface area (Å²) in [6.45, 7) is 0.252. The highest BCUT2D eigenvalue weighted by Crippen LogP contribution is 1.91. The number of carbonyl (C=O) groups excluding carboxylic acids is 3. The first-order chi connectivity index (χ1) is 7.56. The highest BCUT2D eigenvalue weighted by Gasteiger charge is 2.02. The van der Waals surface area contributed by atoms with E-state index in [0.29, 0.717) is 25.8 Å². The summed E-state index contributed by atoms with van der Waals surface area (Å²) < 4.78 is 0. The lowest BCUT2D eigenvalue weighted by atomic mass is 10.2. The van der Waals surface area contributed by atoms with Crippen LogP contribution in [0.1, 0.15) is 19.3 Å². The predicted octanol–water partition coefficient (Wildman–Crippen LogP) is -2.17. The lowest BCUT2D eigenvalue weighted by Gasteiger charge is -2.05. The molecule has 0 aromatic carbocycles. The summed E-state index contributed by atoms with van der Waals surface area (Å²) in [6, 6.07) is 0. The summed E-state index contributed by atoms with van der Waals surface area (Å²) in [5.74, 6) is -0.994.